The van der Waals surface area contributed by atoms with Crippen molar-refractivity contribution in [3.63, 3.8) is 0 Å². The molecule has 0 fully saturated rings. The van der Waals surface area contributed by atoms with E-state index < -0.39 is 15.6 Å². The average Bonchev–Trinajstić information content (AvgIpc) is 3.18. The van der Waals surface area contributed by atoms with Gasteiger partial charge in [-0.15, -0.1) is 5.10 Å². The monoisotopic (exact) mass is 348 g/mol. The second kappa shape index (κ2) is 6.48. The highest BCUT2D eigenvalue weighted by molar-refractivity contribution is 7.91. The Bertz CT molecular complexity index is 966. The summed E-state index contributed by atoms with van der Waals surface area (Å²) >= 11 is 0. The minimum Gasteiger partial charge on any atom is -0.459 e. The topological polar surface area (TPSA) is 95.3 Å². The van der Waals surface area contributed by atoms with Crippen LogP contribution >= 0.6 is 0 Å². The summed E-state index contributed by atoms with van der Waals surface area (Å²) in [6.45, 7) is 2.04. The predicted molar refractivity (Wildman–Crippen MR) is 86.3 cm³/mol. The number of aryl methyl sites for hydroxylation is 2. The zero-order chi connectivity index (χ0) is 17.2. The maximum Gasteiger partial charge on any atom is 0.437 e. The molecule has 126 valence electrons. The Kier molecular flexibility index (Phi) is 4.39. The number of hydrogen-bond donors (Lipinski definition) is 0. The zero-order valence-electron chi connectivity index (χ0n) is 13.0. The molecule has 0 radical (unpaired) electrons. The smallest absolute Gasteiger partial charge is 0.437 e. The van der Waals surface area contributed by atoms with Crippen LogP contribution in [0.15, 0.2) is 61.2 Å². The maximum absolute atomic E-state index is 12.3. The maximum atomic E-state index is 12.3. The minimum absolute atomic E-state index is 0.0754. The predicted octanol–water partition coefficient (Wildman–Crippen LogP) is 2.27. The zero-order valence-corrected chi connectivity index (χ0v) is 13.8. The van der Waals surface area contributed by atoms with Crippen LogP contribution in [0.25, 0.3) is 11.7 Å². The summed E-state index contributed by atoms with van der Waals surface area (Å²) in [5, 5.41) is 4.01. The number of sulfone groups is 1. The number of nitrogens with zero attached hydrogens (tertiary/aromatic N) is 2. The molecular weight excluding hydrogens is 332 g/mol. The molecule has 3 rings (SSSR count). The molecule has 0 aliphatic carbocycles. The van der Waals surface area contributed by atoms with Gasteiger partial charge in [0.25, 0.3) is 5.89 Å². The van der Waals surface area contributed by atoms with Crippen molar-refractivity contribution >= 4 is 9.84 Å². The van der Waals surface area contributed by atoms with E-state index >= 15 is 0 Å². The third-order valence-corrected chi connectivity index (χ3v) is 5.32. The van der Waals surface area contributed by atoms with Crippen molar-refractivity contribution < 1.29 is 17.3 Å². The first-order valence-corrected chi connectivity index (χ1v) is 9.02. The molecule has 0 unspecified atom stereocenters. The van der Waals surface area contributed by atoms with Crippen LogP contribution in [0.2, 0.25) is 0 Å². The van der Waals surface area contributed by atoms with Crippen LogP contribution in [0.5, 0.6) is 0 Å². The number of aromatic nitrogens is 2. The highest BCUT2D eigenvalue weighted by atomic mass is 32.2. The summed E-state index contributed by atoms with van der Waals surface area (Å²) < 4.78 is 35.7. The lowest BCUT2D eigenvalue weighted by Crippen LogP contribution is -2.18. The van der Waals surface area contributed by atoms with Crippen LogP contribution in [0, 0.1) is 6.92 Å². The van der Waals surface area contributed by atoms with Gasteiger partial charge in [-0.2, -0.15) is 4.68 Å². The highest BCUT2D eigenvalue weighted by Crippen LogP contribution is 2.16. The number of furan rings is 1. The number of rotatable bonds is 6. The van der Waals surface area contributed by atoms with Gasteiger partial charge in [0.2, 0.25) is 0 Å². The Morgan fingerprint density at radius 3 is 2.58 bits per heavy atom. The van der Waals surface area contributed by atoms with E-state index in [0.717, 1.165) is 10.2 Å². The fraction of sp³-hybridized carbons (Fsp3) is 0.250. The van der Waals surface area contributed by atoms with Crippen molar-refractivity contribution in [2.75, 3.05) is 5.75 Å². The largest absolute Gasteiger partial charge is 0.459 e. The molecule has 0 atom stereocenters. The van der Waals surface area contributed by atoms with E-state index in [1.165, 1.54) is 6.26 Å². The van der Waals surface area contributed by atoms with E-state index in [1.54, 1.807) is 36.4 Å². The Hall–Kier alpha value is -2.61. The molecule has 0 bridgehead atoms. The van der Waals surface area contributed by atoms with E-state index in [-0.39, 0.29) is 29.5 Å². The van der Waals surface area contributed by atoms with Gasteiger partial charge in [-0.3, -0.25) is 0 Å². The molecule has 24 heavy (non-hydrogen) atoms. The highest BCUT2D eigenvalue weighted by Gasteiger charge is 2.16. The summed E-state index contributed by atoms with van der Waals surface area (Å²) in [5.41, 5.74) is 0.994. The van der Waals surface area contributed by atoms with Gasteiger partial charge in [-0.05, 0) is 37.6 Å². The molecule has 0 aliphatic heterocycles. The summed E-state index contributed by atoms with van der Waals surface area (Å²) in [5.74, 6) is -0.301. The lowest BCUT2D eigenvalue weighted by atomic mass is 10.2. The van der Waals surface area contributed by atoms with Crippen LogP contribution in [-0.4, -0.2) is 24.0 Å². The molecule has 0 spiro atoms. The van der Waals surface area contributed by atoms with E-state index in [9.17, 15) is 13.2 Å². The fourth-order valence-corrected chi connectivity index (χ4v) is 3.51. The van der Waals surface area contributed by atoms with E-state index in [4.69, 9.17) is 8.83 Å². The first-order chi connectivity index (χ1) is 11.5. The molecule has 0 N–H and O–H groups in total. The van der Waals surface area contributed by atoms with E-state index in [2.05, 4.69) is 5.10 Å². The summed E-state index contributed by atoms with van der Waals surface area (Å²) in [6, 6.07) is 9.96. The van der Waals surface area contributed by atoms with Crippen molar-refractivity contribution in [1.29, 1.82) is 0 Å². The number of benzene rings is 1. The minimum atomic E-state index is -3.39. The van der Waals surface area contributed by atoms with Gasteiger partial charge >= 0.3 is 5.76 Å². The lowest BCUT2D eigenvalue weighted by molar-refractivity contribution is 0.466. The van der Waals surface area contributed by atoms with Gasteiger partial charge in [0.15, 0.2) is 15.6 Å². The average molecular weight is 348 g/mol. The van der Waals surface area contributed by atoms with Crippen LogP contribution in [0.3, 0.4) is 0 Å². The normalized spacial score (nSPS) is 11.7. The molecule has 0 saturated heterocycles. The Labute approximate surface area is 138 Å². The van der Waals surface area contributed by atoms with Crippen LogP contribution in [-0.2, 0) is 16.4 Å². The second-order valence-corrected chi connectivity index (χ2v) is 7.47. The standard InChI is InChI=1S/C16H16N2O5S/c1-12-5-7-13(8-6-12)24(20,21)11-3-9-18-16(19)23-15(17-18)14-4-2-10-22-14/h2,4-8,10H,3,9,11H2,1H3. The molecule has 2 aromatic heterocycles. The van der Waals surface area contributed by atoms with Gasteiger partial charge in [-0.25, -0.2) is 13.2 Å². The van der Waals surface area contributed by atoms with Crippen molar-refractivity contribution in [1.82, 2.24) is 9.78 Å². The lowest BCUT2D eigenvalue weighted by Gasteiger charge is -2.04. The first-order valence-electron chi connectivity index (χ1n) is 7.37. The summed E-state index contributed by atoms with van der Waals surface area (Å²) in [4.78, 5) is 12.0. The molecule has 0 amide bonds. The van der Waals surface area contributed by atoms with Gasteiger partial charge in [0.05, 0.1) is 16.9 Å². The molecule has 0 saturated carbocycles. The molecule has 0 aliphatic rings. The van der Waals surface area contributed by atoms with Crippen LogP contribution < -0.4 is 5.76 Å². The van der Waals surface area contributed by atoms with Gasteiger partial charge < -0.3 is 8.83 Å². The van der Waals surface area contributed by atoms with Gasteiger partial charge in [0.1, 0.15) is 0 Å². The van der Waals surface area contributed by atoms with Crippen LogP contribution in [0.1, 0.15) is 12.0 Å². The molecule has 1 aromatic carbocycles. The Morgan fingerprint density at radius 2 is 1.92 bits per heavy atom. The van der Waals surface area contributed by atoms with Crippen molar-refractivity contribution in [2.45, 2.75) is 24.8 Å². The SMILES string of the molecule is Cc1ccc(S(=O)(=O)CCCn2nc(-c3ccco3)oc2=O)cc1. The Morgan fingerprint density at radius 1 is 1.17 bits per heavy atom. The quantitative estimate of drug-likeness (QED) is 0.678. The molecular formula is C16H16N2O5S. The van der Waals surface area contributed by atoms with Crippen molar-refractivity contribution in [3.05, 3.63) is 58.8 Å². The first kappa shape index (κ1) is 16.3. The fourth-order valence-electron chi connectivity index (χ4n) is 2.22. The van der Waals surface area contributed by atoms with Crippen molar-refractivity contribution in [3.8, 4) is 11.7 Å². The molecule has 8 heteroatoms. The molecule has 7 nitrogen and oxygen atoms in total. The van der Waals surface area contributed by atoms with Crippen molar-refractivity contribution in [2.24, 2.45) is 0 Å². The van der Waals surface area contributed by atoms with Gasteiger partial charge in [0, 0.05) is 6.54 Å². The summed E-state index contributed by atoms with van der Waals surface area (Å²) in [7, 11) is -3.39. The molecule has 2 heterocycles. The summed E-state index contributed by atoms with van der Waals surface area (Å²) in [6.07, 6.45) is 1.70. The van der Waals surface area contributed by atoms with E-state index in [1.807, 2.05) is 6.92 Å². The molecule has 3 aromatic rings. The third-order valence-electron chi connectivity index (χ3n) is 3.50. The van der Waals surface area contributed by atoms with E-state index in [0.29, 0.717) is 5.76 Å². The second-order valence-electron chi connectivity index (χ2n) is 5.36. The van der Waals surface area contributed by atoms with Crippen LogP contribution in [0.4, 0.5) is 0 Å². The number of hydrogen-bond acceptors (Lipinski definition) is 6. The Balaban J connectivity index is 1.66. The third kappa shape index (κ3) is 3.48. The van der Waals surface area contributed by atoms with Gasteiger partial charge in [-0.1, -0.05) is 17.7 Å².